The first-order chi connectivity index (χ1) is 8.75. The molecule has 3 rings (SSSR count). The van der Waals surface area contributed by atoms with Crippen molar-refractivity contribution < 1.29 is 4.79 Å². The molecule has 0 atom stereocenters. The van der Waals surface area contributed by atoms with Gasteiger partial charge < -0.3 is 10.2 Å². The number of carbonyl (C=O) groups excluding carboxylic acids is 1. The topological polar surface area (TPSA) is 61.0 Å². The molecular formula is C13H21ClN4O. The second-order valence-corrected chi connectivity index (χ2v) is 5.43. The second kappa shape index (κ2) is 5.92. The van der Waals surface area contributed by atoms with Crippen molar-refractivity contribution in [2.45, 2.75) is 32.7 Å². The average Bonchev–Trinajstić information content (AvgIpc) is 2.82. The van der Waals surface area contributed by atoms with Crippen LogP contribution in [0.3, 0.4) is 0 Å². The van der Waals surface area contributed by atoms with E-state index < -0.39 is 0 Å². The van der Waals surface area contributed by atoms with Crippen LogP contribution in [0.4, 0.5) is 0 Å². The molecule has 2 aliphatic heterocycles. The fourth-order valence-corrected chi connectivity index (χ4v) is 2.76. The number of nitrogens with zero attached hydrogens (tertiary/aromatic N) is 2. The fourth-order valence-electron chi connectivity index (χ4n) is 2.76. The highest BCUT2D eigenvalue weighted by Gasteiger charge is 2.27. The van der Waals surface area contributed by atoms with Gasteiger partial charge in [0, 0.05) is 43.9 Å². The summed E-state index contributed by atoms with van der Waals surface area (Å²) in [5.74, 6) is 0.840. The number of rotatable bonds is 1. The Kier molecular flexibility index (Phi) is 4.47. The Hall–Kier alpha value is -1.07. The van der Waals surface area contributed by atoms with Gasteiger partial charge in [-0.2, -0.15) is 5.10 Å². The van der Waals surface area contributed by atoms with E-state index in [-0.39, 0.29) is 18.3 Å². The Morgan fingerprint density at radius 1 is 1.37 bits per heavy atom. The van der Waals surface area contributed by atoms with Gasteiger partial charge in [-0.3, -0.25) is 9.89 Å². The minimum atomic E-state index is 0. The Balaban J connectivity index is 0.00000133. The fraction of sp³-hybridized carbons (Fsp3) is 0.692. The zero-order valence-corrected chi connectivity index (χ0v) is 12.1. The van der Waals surface area contributed by atoms with Crippen LogP contribution in [0.25, 0.3) is 0 Å². The van der Waals surface area contributed by atoms with Crippen molar-refractivity contribution >= 4 is 18.3 Å². The van der Waals surface area contributed by atoms with Crippen molar-refractivity contribution in [1.82, 2.24) is 20.4 Å². The van der Waals surface area contributed by atoms with E-state index in [0.717, 1.165) is 62.6 Å². The van der Waals surface area contributed by atoms with Crippen LogP contribution in [0, 0.1) is 5.92 Å². The van der Waals surface area contributed by atoms with Crippen molar-refractivity contribution in [2.75, 3.05) is 19.6 Å². The molecule has 1 amide bonds. The van der Waals surface area contributed by atoms with Crippen LogP contribution in [0.2, 0.25) is 0 Å². The van der Waals surface area contributed by atoms with Gasteiger partial charge in [0.25, 0.3) is 5.91 Å². The van der Waals surface area contributed by atoms with E-state index in [4.69, 9.17) is 0 Å². The van der Waals surface area contributed by atoms with Crippen LogP contribution in [-0.4, -0.2) is 40.6 Å². The normalized spacial score (nSPS) is 19.7. The number of hydrogen-bond donors (Lipinski definition) is 2. The maximum Gasteiger partial charge on any atom is 0.274 e. The van der Waals surface area contributed by atoms with Crippen molar-refractivity contribution in [3.63, 3.8) is 0 Å². The molecule has 19 heavy (non-hydrogen) atoms. The lowest BCUT2D eigenvalue weighted by Gasteiger charge is -2.30. The molecule has 1 aromatic rings. The van der Waals surface area contributed by atoms with Crippen molar-refractivity contribution in [3.05, 3.63) is 17.0 Å². The molecule has 0 saturated carbocycles. The zero-order chi connectivity index (χ0) is 12.5. The summed E-state index contributed by atoms with van der Waals surface area (Å²) in [4.78, 5) is 14.4. The number of amides is 1. The van der Waals surface area contributed by atoms with Gasteiger partial charge in [0.15, 0.2) is 5.69 Å². The number of H-pyrrole nitrogens is 1. The van der Waals surface area contributed by atoms with Crippen LogP contribution in [0.15, 0.2) is 0 Å². The maximum atomic E-state index is 12.5. The van der Waals surface area contributed by atoms with Crippen molar-refractivity contribution in [1.29, 1.82) is 0 Å². The third-order valence-electron chi connectivity index (χ3n) is 4.08. The monoisotopic (exact) mass is 284 g/mol. The molecule has 5 nitrogen and oxygen atoms in total. The standard InChI is InChI=1S/C13H20N4O.ClH/c1-9-3-6-17(7-4-9)13(18)12-10-8-14-5-2-11(10)15-16-12;/h9,14H,2-8H2,1H3,(H,15,16);1H. The summed E-state index contributed by atoms with van der Waals surface area (Å²) in [5, 5.41) is 10.6. The van der Waals surface area contributed by atoms with Crippen LogP contribution >= 0.6 is 12.4 Å². The molecular weight excluding hydrogens is 264 g/mol. The SMILES string of the molecule is CC1CCN(C(=O)c2n[nH]c3c2CNCC3)CC1.Cl. The van der Waals surface area contributed by atoms with Crippen molar-refractivity contribution in [3.8, 4) is 0 Å². The summed E-state index contributed by atoms with van der Waals surface area (Å²) in [5.41, 5.74) is 2.83. The quantitative estimate of drug-likeness (QED) is 0.818. The minimum absolute atomic E-state index is 0. The van der Waals surface area contributed by atoms with E-state index in [1.807, 2.05) is 4.90 Å². The predicted molar refractivity (Wildman–Crippen MR) is 75.5 cm³/mol. The summed E-state index contributed by atoms with van der Waals surface area (Å²) in [6.07, 6.45) is 3.15. The number of aromatic nitrogens is 2. The molecule has 2 aliphatic rings. The third-order valence-corrected chi connectivity index (χ3v) is 4.08. The molecule has 1 fully saturated rings. The largest absolute Gasteiger partial charge is 0.337 e. The number of halogens is 1. The molecule has 1 saturated heterocycles. The molecule has 3 heterocycles. The number of fused-ring (bicyclic) bond motifs is 1. The Morgan fingerprint density at radius 3 is 2.84 bits per heavy atom. The molecule has 0 aromatic carbocycles. The molecule has 6 heteroatoms. The molecule has 106 valence electrons. The van der Waals surface area contributed by atoms with E-state index >= 15 is 0 Å². The number of nitrogens with one attached hydrogen (secondary N) is 2. The smallest absolute Gasteiger partial charge is 0.274 e. The number of carbonyl (C=O) groups is 1. The maximum absolute atomic E-state index is 12.5. The highest BCUT2D eigenvalue weighted by molar-refractivity contribution is 5.94. The van der Waals surface area contributed by atoms with Gasteiger partial charge in [0.05, 0.1) is 0 Å². The summed E-state index contributed by atoms with van der Waals surface area (Å²) in [6, 6.07) is 0. The van der Waals surface area contributed by atoms with E-state index in [0.29, 0.717) is 5.69 Å². The van der Waals surface area contributed by atoms with Gasteiger partial charge in [-0.25, -0.2) is 0 Å². The molecule has 1 aromatic heterocycles. The van der Waals surface area contributed by atoms with Crippen LogP contribution in [-0.2, 0) is 13.0 Å². The van der Waals surface area contributed by atoms with Crippen molar-refractivity contribution in [2.24, 2.45) is 5.92 Å². The van der Waals surface area contributed by atoms with Gasteiger partial charge in [-0.05, 0) is 18.8 Å². The molecule has 0 radical (unpaired) electrons. The Morgan fingerprint density at radius 2 is 2.11 bits per heavy atom. The highest BCUT2D eigenvalue weighted by Crippen LogP contribution is 2.21. The summed E-state index contributed by atoms with van der Waals surface area (Å²) < 4.78 is 0. The van der Waals surface area contributed by atoms with Crippen LogP contribution in [0.5, 0.6) is 0 Å². The first kappa shape index (κ1) is 14.3. The van der Waals surface area contributed by atoms with Crippen LogP contribution in [0.1, 0.15) is 41.5 Å². The Labute approximate surface area is 119 Å². The number of likely N-dealkylation sites (tertiary alicyclic amines) is 1. The predicted octanol–water partition coefficient (Wildman–Crippen LogP) is 1.35. The lowest BCUT2D eigenvalue weighted by molar-refractivity contribution is 0.0690. The number of hydrogen-bond acceptors (Lipinski definition) is 3. The molecule has 0 aliphatic carbocycles. The van der Waals surface area contributed by atoms with Gasteiger partial charge >= 0.3 is 0 Å². The third kappa shape index (κ3) is 2.77. The first-order valence-corrected chi connectivity index (χ1v) is 6.82. The first-order valence-electron chi connectivity index (χ1n) is 6.82. The van der Waals surface area contributed by atoms with Crippen LogP contribution < -0.4 is 5.32 Å². The average molecular weight is 285 g/mol. The van der Waals surface area contributed by atoms with Gasteiger partial charge in [-0.1, -0.05) is 6.92 Å². The van der Waals surface area contributed by atoms with E-state index in [1.165, 1.54) is 0 Å². The number of piperidine rings is 1. The zero-order valence-electron chi connectivity index (χ0n) is 11.2. The summed E-state index contributed by atoms with van der Waals surface area (Å²) in [7, 11) is 0. The minimum Gasteiger partial charge on any atom is -0.337 e. The summed E-state index contributed by atoms with van der Waals surface area (Å²) >= 11 is 0. The van der Waals surface area contributed by atoms with E-state index in [9.17, 15) is 4.79 Å². The van der Waals surface area contributed by atoms with E-state index in [2.05, 4.69) is 22.4 Å². The lowest BCUT2D eigenvalue weighted by Crippen LogP contribution is -2.39. The highest BCUT2D eigenvalue weighted by atomic mass is 35.5. The van der Waals surface area contributed by atoms with Gasteiger partial charge in [-0.15, -0.1) is 12.4 Å². The second-order valence-electron chi connectivity index (χ2n) is 5.43. The summed E-state index contributed by atoms with van der Waals surface area (Å²) in [6.45, 7) is 5.72. The Bertz CT molecular complexity index is 451. The number of aromatic amines is 1. The molecule has 0 bridgehead atoms. The van der Waals surface area contributed by atoms with E-state index in [1.54, 1.807) is 0 Å². The molecule has 2 N–H and O–H groups in total. The van der Waals surface area contributed by atoms with Gasteiger partial charge in [0.1, 0.15) is 0 Å². The molecule has 0 unspecified atom stereocenters. The van der Waals surface area contributed by atoms with Gasteiger partial charge in [0.2, 0.25) is 0 Å². The lowest BCUT2D eigenvalue weighted by atomic mass is 9.98. The molecule has 0 spiro atoms.